The van der Waals surface area contributed by atoms with Crippen molar-refractivity contribution < 1.29 is 46.9 Å². The maximum atomic E-state index is 14.0. The minimum atomic E-state index is -3.99. The third-order valence-corrected chi connectivity index (χ3v) is 18.7. The zero-order valence-electron chi connectivity index (χ0n) is 45.1. The average Bonchev–Trinajstić information content (AvgIpc) is 4.02. The molecule has 0 spiro atoms. The molecular weight excluding hydrogens is 1030 g/mol. The van der Waals surface area contributed by atoms with Gasteiger partial charge in [0, 0.05) is 91.7 Å². The summed E-state index contributed by atoms with van der Waals surface area (Å²) in [6, 6.07) is 27.8. The highest BCUT2D eigenvalue weighted by Gasteiger charge is 2.45. The average molecular weight is 1110 g/mol. The molecule has 4 aliphatic heterocycles. The SMILES string of the molecule is C.C.CN(C)S(=O)(=O)NC(=O)c1ccc2c(C3CCCCC3)c3n(c2c1)CC(O)(C(=O)N1CCOCC1)Cc1ccccc1-3.COC(=O)c1ccc2c(C3CCCCC3)c3n(c2c1)CC(C(=O)N1CCOCC1)Cc1ccccc1-3. The van der Waals surface area contributed by atoms with E-state index in [2.05, 4.69) is 45.7 Å². The van der Waals surface area contributed by atoms with E-state index >= 15 is 0 Å². The van der Waals surface area contributed by atoms with Crippen LogP contribution in [0.4, 0.5) is 0 Å². The van der Waals surface area contributed by atoms with Crippen LogP contribution in [0.25, 0.3) is 44.3 Å². The number of fused-ring (bicyclic) bond motifs is 10. The van der Waals surface area contributed by atoms with Crippen LogP contribution in [-0.2, 0) is 59.9 Å². The number of aromatic nitrogens is 2. The molecule has 16 nitrogen and oxygen atoms in total. The van der Waals surface area contributed by atoms with Crippen LogP contribution in [-0.4, -0.2) is 140 Å². The molecule has 6 aliphatic rings. The van der Waals surface area contributed by atoms with Crippen molar-refractivity contribution in [3.05, 3.63) is 118 Å². The second-order valence-corrected chi connectivity index (χ2v) is 24.2. The van der Waals surface area contributed by atoms with Crippen LogP contribution >= 0.6 is 0 Å². The summed E-state index contributed by atoms with van der Waals surface area (Å²) in [7, 11) is 0.139. The van der Waals surface area contributed by atoms with E-state index in [0.717, 1.165) is 64.1 Å². The largest absolute Gasteiger partial charge is 0.465 e. The number of nitrogens with one attached hydrogen (secondary N) is 1. The number of ether oxygens (including phenoxy) is 3. The number of amides is 3. The van der Waals surface area contributed by atoms with Crippen LogP contribution in [0.3, 0.4) is 0 Å². The number of methoxy groups -OCH3 is 1. The van der Waals surface area contributed by atoms with E-state index < -0.39 is 21.7 Å². The van der Waals surface area contributed by atoms with E-state index in [4.69, 9.17) is 14.2 Å². The summed E-state index contributed by atoms with van der Waals surface area (Å²) in [5.41, 5.74) is 9.86. The highest BCUT2D eigenvalue weighted by molar-refractivity contribution is 7.87. The lowest BCUT2D eigenvalue weighted by molar-refractivity contribution is -0.156. The highest BCUT2D eigenvalue weighted by Crippen LogP contribution is 2.49. The van der Waals surface area contributed by atoms with Crippen molar-refractivity contribution in [2.45, 2.75) is 122 Å². The first-order chi connectivity index (χ1) is 37.7. The maximum Gasteiger partial charge on any atom is 0.337 e. The van der Waals surface area contributed by atoms with Gasteiger partial charge < -0.3 is 38.3 Å². The van der Waals surface area contributed by atoms with Crippen molar-refractivity contribution in [3.8, 4) is 22.5 Å². The predicted octanol–water partition coefficient (Wildman–Crippen LogP) is 9.48. The fraction of sp³-hybridized carbons (Fsp3) is 0.492. The molecule has 428 valence electrons. The number of nitrogens with zero attached hydrogens (tertiary/aromatic N) is 5. The Morgan fingerprint density at radius 2 is 1.16 bits per heavy atom. The summed E-state index contributed by atoms with van der Waals surface area (Å²) in [5, 5.41) is 14.4. The van der Waals surface area contributed by atoms with E-state index in [9.17, 15) is 32.7 Å². The van der Waals surface area contributed by atoms with E-state index in [0.29, 0.717) is 82.1 Å². The molecule has 0 bridgehead atoms. The Labute approximate surface area is 471 Å². The van der Waals surface area contributed by atoms with E-state index in [1.807, 2.05) is 45.9 Å². The Hall–Kier alpha value is -6.37. The van der Waals surface area contributed by atoms with Crippen molar-refractivity contribution in [2.24, 2.45) is 5.92 Å². The van der Waals surface area contributed by atoms with Gasteiger partial charge in [0.25, 0.3) is 11.8 Å². The number of hydrogen-bond donors (Lipinski definition) is 2. The third kappa shape index (κ3) is 11.2. The molecule has 2 N–H and O–H groups in total. The molecule has 3 amide bonds. The lowest BCUT2D eigenvalue weighted by Gasteiger charge is -2.35. The molecule has 2 saturated heterocycles. The topological polar surface area (TPSA) is 182 Å². The molecule has 6 heterocycles. The molecule has 6 aromatic rings. The van der Waals surface area contributed by atoms with Crippen LogP contribution in [0.2, 0.25) is 0 Å². The summed E-state index contributed by atoms with van der Waals surface area (Å²) in [5.74, 6) is -0.592. The van der Waals surface area contributed by atoms with Crippen molar-refractivity contribution in [2.75, 3.05) is 73.8 Å². The molecule has 4 fully saturated rings. The van der Waals surface area contributed by atoms with E-state index in [-0.39, 0.29) is 57.1 Å². The van der Waals surface area contributed by atoms with Gasteiger partial charge in [-0.3, -0.25) is 14.4 Å². The number of benzene rings is 4. The second-order valence-electron chi connectivity index (χ2n) is 22.3. The van der Waals surface area contributed by atoms with Gasteiger partial charge in [-0.1, -0.05) is 114 Å². The Balaban J connectivity index is 0.000000191. The van der Waals surface area contributed by atoms with Crippen molar-refractivity contribution in [1.29, 1.82) is 0 Å². The van der Waals surface area contributed by atoms with Gasteiger partial charge in [-0.25, -0.2) is 9.52 Å². The predicted molar refractivity (Wildman–Crippen MR) is 312 cm³/mol. The van der Waals surface area contributed by atoms with Crippen LogP contribution in [0.15, 0.2) is 84.9 Å². The molecule has 2 aromatic heterocycles. The fourth-order valence-corrected chi connectivity index (χ4v) is 13.9. The van der Waals surface area contributed by atoms with Crippen LogP contribution in [0.5, 0.6) is 0 Å². The van der Waals surface area contributed by atoms with Gasteiger partial charge in [-0.05, 0) is 90.5 Å². The lowest BCUT2D eigenvalue weighted by Crippen LogP contribution is -2.55. The van der Waals surface area contributed by atoms with E-state index in [1.54, 1.807) is 17.0 Å². The first kappa shape index (κ1) is 58.3. The first-order valence-corrected chi connectivity index (χ1v) is 29.5. The Morgan fingerprint density at radius 3 is 1.74 bits per heavy atom. The number of rotatable bonds is 8. The summed E-state index contributed by atoms with van der Waals surface area (Å²) in [6.07, 6.45) is 12.6. The number of esters is 1. The number of hydrogen-bond acceptors (Lipinski definition) is 10. The smallest absolute Gasteiger partial charge is 0.337 e. The van der Waals surface area contributed by atoms with Gasteiger partial charge in [0.05, 0.1) is 63.0 Å². The molecular formula is C63H80N6O10S. The van der Waals surface area contributed by atoms with Gasteiger partial charge in [-0.2, -0.15) is 12.7 Å². The maximum absolute atomic E-state index is 14.0. The monoisotopic (exact) mass is 1110 g/mol. The fourth-order valence-electron chi connectivity index (χ4n) is 13.4. The Kier molecular flexibility index (Phi) is 17.8. The normalized spacial score (nSPS) is 20.5. The molecule has 80 heavy (non-hydrogen) atoms. The van der Waals surface area contributed by atoms with Gasteiger partial charge >= 0.3 is 16.2 Å². The molecule has 2 atom stereocenters. The number of aliphatic hydroxyl groups is 1. The zero-order chi connectivity index (χ0) is 54.3. The molecule has 17 heteroatoms. The first-order valence-electron chi connectivity index (χ1n) is 28.0. The van der Waals surface area contributed by atoms with Crippen LogP contribution < -0.4 is 4.72 Å². The van der Waals surface area contributed by atoms with Crippen LogP contribution in [0.1, 0.15) is 134 Å². The van der Waals surface area contributed by atoms with Crippen molar-refractivity contribution in [1.82, 2.24) is 28.0 Å². The quantitative estimate of drug-likeness (QED) is 0.139. The summed E-state index contributed by atoms with van der Waals surface area (Å²) < 4.78 is 48.3. The van der Waals surface area contributed by atoms with Gasteiger partial charge in [-0.15, -0.1) is 0 Å². The molecule has 2 saturated carbocycles. The van der Waals surface area contributed by atoms with E-state index in [1.165, 1.54) is 93.1 Å². The molecule has 0 radical (unpaired) electrons. The molecule has 2 aliphatic carbocycles. The highest BCUT2D eigenvalue weighted by atomic mass is 32.2. The van der Waals surface area contributed by atoms with Gasteiger partial charge in [0.2, 0.25) is 5.91 Å². The Bertz CT molecular complexity index is 3380. The summed E-state index contributed by atoms with van der Waals surface area (Å²) in [4.78, 5) is 57.0. The molecule has 2 unspecified atom stereocenters. The van der Waals surface area contributed by atoms with Crippen molar-refractivity contribution >= 4 is 55.7 Å². The van der Waals surface area contributed by atoms with Crippen molar-refractivity contribution in [3.63, 3.8) is 0 Å². The molecule has 12 rings (SSSR count). The van der Waals surface area contributed by atoms with Gasteiger partial charge in [0.1, 0.15) is 0 Å². The zero-order valence-corrected chi connectivity index (χ0v) is 46.0. The lowest BCUT2D eigenvalue weighted by atomic mass is 9.81. The Morgan fingerprint density at radius 1 is 0.662 bits per heavy atom. The van der Waals surface area contributed by atoms with Crippen LogP contribution in [0, 0.1) is 5.92 Å². The van der Waals surface area contributed by atoms with Gasteiger partial charge in [0.15, 0.2) is 5.60 Å². The third-order valence-electron chi connectivity index (χ3n) is 17.3. The minimum Gasteiger partial charge on any atom is -0.465 e. The molecule has 4 aromatic carbocycles. The number of morpholine rings is 2. The summed E-state index contributed by atoms with van der Waals surface area (Å²) in [6.45, 7) is 4.80. The minimum absolute atomic E-state index is 0. The second kappa shape index (κ2) is 24.4. The standard InChI is InChI=1S/C31H38N4O6S.C30H34N2O4.2CH4/c1-33(2)42(39,40)32-29(36)22-12-13-25-26(18-22)35-20-31(38,30(37)34-14-16-41-17-15-34)19-23-10-6-7-11-24(23)28(35)27(25)21-8-4-3-5-9-21;1-35-30(34)22-11-12-25-26(18-22)32-19-23(29(33)31-13-15-36-16-14-31)17-21-9-5-6-10-24(21)28(32)27(25)20-7-3-2-4-8-20;;/h6-7,10-13,18,21,38H,3-5,8-9,14-17,19-20H2,1-2H3,(H,32,36);5-6,9-12,18,20,23H,2-4,7-8,13-17,19H2,1H3;2*1H4. The number of carbonyl (C=O) groups excluding carboxylic acids is 4. The number of carbonyl (C=O) groups is 4. The summed E-state index contributed by atoms with van der Waals surface area (Å²) >= 11 is 0.